The van der Waals surface area contributed by atoms with Gasteiger partial charge in [0, 0.05) is 42.8 Å². The summed E-state index contributed by atoms with van der Waals surface area (Å²) in [5.41, 5.74) is 0.0490. The van der Waals surface area contributed by atoms with Gasteiger partial charge in [-0.1, -0.05) is 23.9 Å². The highest BCUT2D eigenvalue weighted by atomic mass is 32.2. The van der Waals surface area contributed by atoms with Crippen LogP contribution in [0.5, 0.6) is 0 Å². The predicted octanol–water partition coefficient (Wildman–Crippen LogP) is 4.25. The summed E-state index contributed by atoms with van der Waals surface area (Å²) in [7, 11) is 0. The van der Waals surface area contributed by atoms with Crippen molar-refractivity contribution in [1.29, 1.82) is 0 Å². The summed E-state index contributed by atoms with van der Waals surface area (Å²) in [6.07, 6.45) is -2.12. The SMILES string of the molecule is O=C(CCN1CCSC1=O)Nc1ncc(Cc2ccc(C(F)(F)F)cc2)s1. The summed E-state index contributed by atoms with van der Waals surface area (Å²) in [5.74, 6) is 0.524. The van der Waals surface area contributed by atoms with Crippen molar-refractivity contribution in [1.82, 2.24) is 9.88 Å². The molecule has 0 spiro atoms. The van der Waals surface area contributed by atoms with Crippen molar-refractivity contribution in [3.05, 3.63) is 46.5 Å². The zero-order chi connectivity index (χ0) is 19.4. The van der Waals surface area contributed by atoms with Crippen molar-refractivity contribution in [2.45, 2.75) is 19.0 Å². The first-order valence-corrected chi connectivity index (χ1v) is 9.94. The summed E-state index contributed by atoms with van der Waals surface area (Å²) in [5, 5.41) is 3.12. The smallest absolute Gasteiger partial charge is 0.332 e. The molecule has 1 aromatic heterocycles. The normalized spacial score (nSPS) is 14.6. The van der Waals surface area contributed by atoms with Gasteiger partial charge in [-0.05, 0) is 17.7 Å². The Morgan fingerprint density at radius 1 is 1.26 bits per heavy atom. The van der Waals surface area contributed by atoms with Crippen LogP contribution in [0.4, 0.5) is 23.1 Å². The van der Waals surface area contributed by atoms with Crippen LogP contribution in [-0.2, 0) is 17.4 Å². The minimum absolute atomic E-state index is 0.00382. The Labute approximate surface area is 162 Å². The van der Waals surface area contributed by atoms with Gasteiger partial charge in [-0.25, -0.2) is 4.98 Å². The Bertz CT molecular complexity index is 822. The van der Waals surface area contributed by atoms with Crippen LogP contribution in [0.15, 0.2) is 30.5 Å². The van der Waals surface area contributed by atoms with Crippen LogP contribution in [0.25, 0.3) is 0 Å². The maximum Gasteiger partial charge on any atom is 0.416 e. The van der Waals surface area contributed by atoms with E-state index in [1.54, 1.807) is 11.1 Å². The van der Waals surface area contributed by atoms with E-state index in [9.17, 15) is 22.8 Å². The number of alkyl halides is 3. The first-order valence-electron chi connectivity index (χ1n) is 8.13. The predicted molar refractivity (Wildman–Crippen MR) is 99.0 cm³/mol. The Morgan fingerprint density at radius 2 is 2.00 bits per heavy atom. The molecule has 0 saturated carbocycles. The number of hydrogen-bond donors (Lipinski definition) is 1. The Kier molecular flexibility index (Phi) is 6.05. The van der Waals surface area contributed by atoms with Gasteiger partial charge in [-0.3, -0.25) is 9.59 Å². The van der Waals surface area contributed by atoms with Crippen LogP contribution in [-0.4, -0.2) is 39.9 Å². The summed E-state index contributed by atoms with van der Waals surface area (Å²) in [4.78, 5) is 30.1. The fourth-order valence-corrected chi connectivity index (χ4v) is 4.22. The number of aromatic nitrogens is 1. The highest BCUT2D eigenvalue weighted by Gasteiger charge is 2.29. The topological polar surface area (TPSA) is 62.3 Å². The summed E-state index contributed by atoms with van der Waals surface area (Å²) >= 11 is 2.52. The van der Waals surface area contributed by atoms with Gasteiger partial charge in [0.2, 0.25) is 5.91 Å². The monoisotopic (exact) mass is 415 g/mol. The van der Waals surface area contributed by atoms with E-state index in [1.165, 1.54) is 35.2 Å². The first kappa shape index (κ1) is 19.7. The van der Waals surface area contributed by atoms with Crippen molar-refractivity contribution < 1.29 is 22.8 Å². The molecule has 1 saturated heterocycles. The second kappa shape index (κ2) is 8.30. The lowest BCUT2D eigenvalue weighted by Gasteiger charge is -2.13. The summed E-state index contributed by atoms with van der Waals surface area (Å²) in [6, 6.07) is 4.98. The first-order chi connectivity index (χ1) is 12.8. The number of benzene rings is 1. The van der Waals surface area contributed by atoms with E-state index >= 15 is 0 Å². The number of anilines is 1. The molecule has 2 amide bonds. The molecular formula is C17H16F3N3O2S2. The molecule has 0 unspecified atom stereocenters. The number of amides is 2. The molecule has 2 heterocycles. The minimum atomic E-state index is -4.35. The number of carbonyl (C=O) groups is 2. The number of thioether (sulfide) groups is 1. The van der Waals surface area contributed by atoms with Crippen LogP contribution >= 0.6 is 23.1 Å². The molecule has 0 aliphatic carbocycles. The summed E-state index contributed by atoms with van der Waals surface area (Å²) < 4.78 is 37.8. The van der Waals surface area contributed by atoms with Crippen molar-refractivity contribution in [2.75, 3.05) is 24.2 Å². The molecule has 1 fully saturated rings. The van der Waals surface area contributed by atoms with Gasteiger partial charge in [0.1, 0.15) is 0 Å². The molecule has 5 nitrogen and oxygen atoms in total. The highest BCUT2D eigenvalue weighted by Crippen LogP contribution is 2.30. The molecule has 3 rings (SSSR count). The molecule has 1 aliphatic heterocycles. The fourth-order valence-electron chi connectivity index (χ4n) is 2.51. The second-order valence-corrected chi connectivity index (χ2v) is 8.06. The largest absolute Gasteiger partial charge is 0.416 e. The van der Waals surface area contributed by atoms with Gasteiger partial charge in [0.15, 0.2) is 5.13 Å². The van der Waals surface area contributed by atoms with Crippen molar-refractivity contribution >= 4 is 39.4 Å². The van der Waals surface area contributed by atoms with E-state index < -0.39 is 11.7 Å². The third-order valence-electron chi connectivity index (χ3n) is 3.91. The van der Waals surface area contributed by atoms with E-state index in [1.807, 2.05) is 0 Å². The molecule has 0 atom stereocenters. The van der Waals surface area contributed by atoms with Gasteiger partial charge in [0.05, 0.1) is 5.56 Å². The lowest BCUT2D eigenvalue weighted by atomic mass is 10.1. The molecular weight excluding hydrogens is 399 g/mol. The Morgan fingerprint density at radius 3 is 2.63 bits per heavy atom. The Balaban J connectivity index is 1.50. The van der Waals surface area contributed by atoms with Crippen LogP contribution in [0, 0.1) is 0 Å². The number of carbonyl (C=O) groups excluding carboxylic acids is 2. The lowest BCUT2D eigenvalue weighted by molar-refractivity contribution is -0.137. The van der Waals surface area contributed by atoms with E-state index in [-0.39, 0.29) is 17.6 Å². The van der Waals surface area contributed by atoms with Gasteiger partial charge >= 0.3 is 6.18 Å². The minimum Gasteiger partial charge on any atom is -0.332 e. The van der Waals surface area contributed by atoms with E-state index in [2.05, 4.69) is 10.3 Å². The third-order valence-corrected chi connectivity index (χ3v) is 5.72. The van der Waals surface area contributed by atoms with Crippen molar-refractivity contribution in [2.24, 2.45) is 0 Å². The summed E-state index contributed by atoms with van der Waals surface area (Å²) in [6.45, 7) is 1.03. The number of rotatable bonds is 6. The van der Waals surface area contributed by atoms with Crippen molar-refractivity contribution in [3.63, 3.8) is 0 Å². The van der Waals surface area contributed by atoms with Gasteiger partial charge in [-0.15, -0.1) is 11.3 Å². The Hall–Kier alpha value is -2.07. The molecule has 0 bridgehead atoms. The second-order valence-electron chi connectivity index (χ2n) is 5.90. The standard InChI is InChI=1S/C17H16F3N3O2S2/c18-17(19,20)12-3-1-11(2-4-12)9-13-10-21-15(27-13)22-14(24)5-6-23-7-8-26-16(23)25/h1-4,10H,5-9H2,(H,21,22,24). The number of thiazole rings is 1. The number of nitrogens with one attached hydrogen (secondary N) is 1. The zero-order valence-electron chi connectivity index (χ0n) is 14.1. The zero-order valence-corrected chi connectivity index (χ0v) is 15.7. The molecule has 1 aromatic carbocycles. The number of halogens is 3. The van der Waals surface area contributed by atoms with Crippen molar-refractivity contribution in [3.8, 4) is 0 Å². The van der Waals surface area contributed by atoms with E-state index in [0.29, 0.717) is 24.6 Å². The molecule has 27 heavy (non-hydrogen) atoms. The number of nitrogens with zero attached hydrogens (tertiary/aromatic N) is 2. The molecule has 1 N–H and O–H groups in total. The van der Waals surface area contributed by atoms with Crippen LogP contribution in [0.2, 0.25) is 0 Å². The van der Waals surface area contributed by atoms with Crippen LogP contribution in [0.3, 0.4) is 0 Å². The molecule has 144 valence electrons. The van der Waals surface area contributed by atoms with E-state index in [0.717, 1.165) is 28.3 Å². The highest BCUT2D eigenvalue weighted by molar-refractivity contribution is 8.13. The van der Waals surface area contributed by atoms with Crippen LogP contribution in [0.1, 0.15) is 22.4 Å². The van der Waals surface area contributed by atoms with Crippen LogP contribution < -0.4 is 5.32 Å². The molecule has 0 radical (unpaired) electrons. The maximum atomic E-state index is 12.6. The van der Waals surface area contributed by atoms with Gasteiger partial charge in [-0.2, -0.15) is 13.2 Å². The average Bonchev–Trinajstić information content (AvgIpc) is 3.21. The lowest BCUT2D eigenvalue weighted by Crippen LogP contribution is -2.27. The fraction of sp³-hybridized carbons (Fsp3) is 0.353. The number of hydrogen-bond acceptors (Lipinski definition) is 5. The molecule has 10 heteroatoms. The molecule has 1 aliphatic rings. The van der Waals surface area contributed by atoms with E-state index in [4.69, 9.17) is 0 Å². The quantitative estimate of drug-likeness (QED) is 0.766. The molecule has 2 aromatic rings. The van der Waals surface area contributed by atoms with Gasteiger partial charge in [0.25, 0.3) is 5.24 Å². The maximum absolute atomic E-state index is 12.6. The average molecular weight is 415 g/mol. The van der Waals surface area contributed by atoms with Gasteiger partial charge < -0.3 is 10.2 Å². The third kappa shape index (κ3) is 5.46.